The van der Waals surface area contributed by atoms with Crippen LogP contribution in [0, 0.1) is 0 Å². The highest BCUT2D eigenvalue weighted by molar-refractivity contribution is 6.32. The molecule has 0 atom stereocenters. The fourth-order valence-electron chi connectivity index (χ4n) is 2.08. The molecule has 0 bridgehead atoms. The standard InChI is InChI=1S/C18H22ClN3O2/c1-2-3-4-11-21-18(23)22-14-7-10-17(16(19)12-14)24-15-8-5-13(20)6-9-15/h5-10,12H,2-4,11,20H2,1H3,(H2,21,22,23). The van der Waals surface area contributed by atoms with Gasteiger partial charge in [-0.15, -0.1) is 0 Å². The summed E-state index contributed by atoms with van der Waals surface area (Å²) in [4.78, 5) is 11.8. The zero-order valence-corrected chi connectivity index (χ0v) is 14.4. The summed E-state index contributed by atoms with van der Waals surface area (Å²) in [7, 11) is 0. The summed E-state index contributed by atoms with van der Waals surface area (Å²) >= 11 is 6.22. The summed E-state index contributed by atoms with van der Waals surface area (Å²) in [5.74, 6) is 1.15. The Morgan fingerprint density at radius 2 is 1.92 bits per heavy atom. The molecule has 0 aliphatic rings. The molecule has 0 aliphatic heterocycles. The molecule has 0 saturated heterocycles. The van der Waals surface area contributed by atoms with Gasteiger partial charge in [0, 0.05) is 17.9 Å². The van der Waals surface area contributed by atoms with E-state index < -0.39 is 0 Å². The lowest BCUT2D eigenvalue weighted by molar-refractivity contribution is 0.252. The monoisotopic (exact) mass is 347 g/mol. The Morgan fingerprint density at radius 3 is 2.58 bits per heavy atom. The van der Waals surface area contributed by atoms with Gasteiger partial charge >= 0.3 is 6.03 Å². The number of unbranched alkanes of at least 4 members (excludes halogenated alkanes) is 2. The zero-order chi connectivity index (χ0) is 17.4. The first-order chi connectivity index (χ1) is 11.6. The lowest BCUT2D eigenvalue weighted by Gasteiger charge is -2.11. The Balaban J connectivity index is 1.91. The van der Waals surface area contributed by atoms with Crippen LogP contribution in [0.25, 0.3) is 0 Å². The summed E-state index contributed by atoms with van der Waals surface area (Å²) in [6.45, 7) is 2.78. The van der Waals surface area contributed by atoms with Crippen LogP contribution in [-0.4, -0.2) is 12.6 Å². The van der Waals surface area contributed by atoms with E-state index in [1.807, 2.05) is 0 Å². The average Bonchev–Trinajstić information content (AvgIpc) is 2.56. The van der Waals surface area contributed by atoms with Crippen LogP contribution in [0.1, 0.15) is 26.2 Å². The summed E-state index contributed by atoms with van der Waals surface area (Å²) < 4.78 is 5.70. The van der Waals surface area contributed by atoms with Gasteiger partial charge in [-0.05, 0) is 48.9 Å². The fraction of sp³-hybridized carbons (Fsp3) is 0.278. The molecule has 0 spiro atoms. The maximum Gasteiger partial charge on any atom is 0.319 e. The fourth-order valence-corrected chi connectivity index (χ4v) is 2.30. The number of hydrogen-bond acceptors (Lipinski definition) is 3. The van der Waals surface area contributed by atoms with Crippen molar-refractivity contribution >= 4 is 29.0 Å². The number of benzene rings is 2. The number of carbonyl (C=O) groups is 1. The van der Waals surface area contributed by atoms with Gasteiger partial charge in [0.25, 0.3) is 0 Å². The summed E-state index contributed by atoms with van der Waals surface area (Å²) in [5.41, 5.74) is 6.91. The van der Waals surface area contributed by atoms with E-state index in [2.05, 4.69) is 17.6 Å². The third-order valence-corrected chi connectivity index (χ3v) is 3.66. The SMILES string of the molecule is CCCCCNC(=O)Nc1ccc(Oc2ccc(N)cc2)c(Cl)c1. The van der Waals surface area contributed by atoms with Crippen LogP contribution in [0.4, 0.5) is 16.2 Å². The topological polar surface area (TPSA) is 76.4 Å². The first-order valence-electron chi connectivity index (χ1n) is 7.96. The van der Waals surface area contributed by atoms with Gasteiger partial charge in [-0.3, -0.25) is 0 Å². The number of halogens is 1. The Hall–Kier alpha value is -2.40. The van der Waals surface area contributed by atoms with Crippen molar-refractivity contribution in [2.24, 2.45) is 0 Å². The van der Waals surface area contributed by atoms with Gasteiger partial charge in [0.1, 0.15) is 11.5 Å². The van der Waals surface area contributed by atoms with E-state index in [1.54, 1.807) is 42.5 Å². The minimum atomic E-state index is -0.241. The third kappa shape index (κ3) is 5.66. The molecule has 0 heterocycles. The van der Waals surface area contributed by atoms with Gasteiger partial charge in [-0.1, -0.05) is 31.4 Å². The predicted octanol–water partition coefficient (Wildman–Crippen LogP) is 5.03. The van der Waals surface area contributed by atoms with Crippen LogP contribution in [0.15, 0.2) is 42.5 Å². The Labute approximate surface area is 147 Å². The van der Waals surface area contributed by atoms with Crippen molar-refractivity contribution in [2.75, 3.05) is 17.6 Å². The number of nitrogens with one attached hydrogen (secondary N) is 2. The normalized spacial score (nSPS) is 10.2. The van der Waals surface area contributed by atoms with Crippen LogP contribution in [0.2, 0.25) is 5.02 Å². The minimum absolute atomic E-state index is 0.241. The van der Waals surface area contributed by atoms with Crippen molar-refractivity contribution in [3.63, 3.8) is 0 Å². The molecule has 2 aromatic carbocycles. The Kier molecular flexibility index (Phi) is 6.75. The maximum atomic E-state index is 11.8. The number of ether oxygens (including phenoxy) is 1. The minimum Gasteiger partial charge on any atom is -0.456 e. The first kappa shape index (κ1) is 17.9. The zero-order valence-electron chi connectivity index (χ0n) is 13.6. The molecular formula is C18H22ClN3O2. The summed E-state index contributed by atoms with van der Waals surface area (Å²) in [5, 5.41) is 5.97. The highest BCUT2D eigenvalue weighted by Crippen LogP contribution is 2.31. The van der Waals surface area contributed by atoms with Crippen LogP contribution >= 0.6 is 11.6 Å². The Morgan fingerprint density at radius 1 is 1.17 bits per heavy atom. The maximum absolute atomic E-state index is 11.8. The number of rotatable bonds is 7. The molecule has 0 aromatic heterocycles. The number of nitrogens with two attached hydrogens (primary N) is 1. The van der Waals surface area contributed by atoms with E-state index in [0.29, 0.717) is 34.4 Å². The quantitative estimate of drug-likeness (QED) is 0.486. The average molecular weight is 348 g/mol. The predicted molar refractivity (Wildman–Crippen MR) is 98.9 cm³/mol. The van der Waals surface area contributed by atoms with Crippen LogP contribution in [0.5, 0.6) is 11.5 Å². The van der Waals surface area contributed by atoms with Crippen LogP contribution in [-0.2, 0) is 0 Å². The van der Waals surface area contributed by atoms with Crippen molar-refractivity contribution in [3.05, 3.63) is 47.5 Å². The molecule has 0 unspecified atom stereocenters. The van der Waals surface area contributed by atoms with Gasteiger partial charge in [0.2, 0.25) is 0 Å². The van der Waals surface area contributed by atoms with Crippen LogP contribution in [0.3, 0.4) is 0 Å². The second kappa shape index (κ2) is 9.03. The van der Waals surface area contributed by atoms with Crippen molar-refractivity contribution < 1.29 is 9.53 Å². The molecule has 6 heteroatoms. The van der Waals surface area contributed by atoms with E-state index >= 15 is 0 Å². The van der Waals surface area contributed by atoms with Crippen LogP contribution < -0.4 is 21.1 Å². The molecule has 128 valence electrons. The van der Waals surface area contributed by atoms with Gasteiger partial charge in [-0.2, -0.15) is 0 Å². The molecule has 2 rings (SSSR count). The molecule has 0 radical (unpaired) electrons. The van der Waals surface area contributed by atoms with E-state index in [4.69, 9.17) is 22.1 Å². The third-order valence-electron chi connectivity index (χ3n) is 3.36. The highest BCUT2D eigenvalue weighted by atomic mass is 35.5. The Bertz CT molecular complexity index is 674. The van der Waals surface area contributed by atoms with E-state index in [-0.39, 0.29) is 6.03 Å². The van der Waals surface area contributed by atoms with Crippen molar-refractivity contribution in [1.82, 2.24) is 5.32 Å². The lowest BCUT2D eigenvalue weighted by Crippen LogP contribution is -2.29. The van der Waals surface area contributed by atoms with Crippen molar-refractivity contribution in [3.8, 4) is 11.5 Å². The lowest BCUT2D eigenvalue weighted by atomic mass is 10.2. The smallest absolute Gasteiger partial charge is 0.319 e. The molecule has 2 amide bonds. The van der Waals surface area contributed by atoms with E-state index in [0.717, 1.165) is 19.3 Å². The summed E-state index contributed by atoms with van der Waals surface area (Å²) in [6, 6.07) is 11.9. The number of hydrogen-bond donors (Lipinski definition) is 3. The number of anilines is 2. The highest BCUT2D eigenvalue weighted by Gasteiger charge is 2.07. The molecule has 0 aliphatic carbocycles. The van der Waals surface area contributed by atoms with Gasteiger partial charge in [0.15, 0.2) is 0 Å². The summed E-state index contributed by atoms with van der Waals surface area (Å²) in [6.07, 6.45) is 3.19. The molecule has 24 heavy (non-hydrogen) atoms. The molecule has 4 N–H and O–H groups in total. The number of amides is 2. The van der Waals surface area contributed by atoms with Crippen molar-refractivity contribution in [2.45, 2.75) is 26.2 Å². The first-order valence-corrected chi connectivity index (χ1v) is 8.34. The van der Waals surface area contributed by atoms with E-state index in [9.17, 15) is 4.79 Å². The molecule has 2 aromatic rings. The largest absolute Gasteiger partial charge is 0.456 e. The second-order valence-corrected chi connectivity index (χ2v) is 5.81. The van der Waals surface area contributed by atoms with Crippen molar-refractivity contribution in [1.29, 1.82) is 0 Å². The number of urea groups is 1. The second-order valence-electron chi connectivity index (χ2n) is 5.40. The molecule has 0 fully saturated rings. The number of carbonyl (C=O) groups excluding carboxylic acids is 1. The molecular weight excluding hydrogens is 326 g/mol. The number of nitrogen functional groups attached to an aromatic ring is 1. The van der Waals surface area contributed by atoms with Gasteiger partial charge in [0.05, 0.1) is 5.02 Å². The molecule has 0 saturated carbocycles. The van der Waals surface area contributed by atoms with E-state index in [1.165, 1.54) is 0 Å². The molecule has 5 nitrogen and oxygen atoms in total. The van der Waals surface area contributed by atoms with Gasteiger partial charge in [-0.25, -0.2) is 4.79 Å². The van der Waals surface area contributed by atoms with Gasteiger partial charge < -0.3 is 21.1 Å².